The second-order valence-corrected chi connectivity index (χ2v) is 6.63. The Balaban J connectivity index is 1.78. The van der Waals surface area contributed by atoms with Crippen LogP contribution in [0, 0.1) is 0 Å². The molecular weight excluding hydrogens is 340 g/mol. The normalized spacial score (nSPS) is 21.2. The van der Waals surface area contributed by atoms with Crippen LogP contribution in [0.1, 0.15) is 11.1 Å². The molecule has 0 aromatic heterocycles. The van der Waals surface area contributed by atoms with Crippen LogP contribution in [0.4, 0.5) is 0 Å². The molecule has 1 fully saturated rings. The zero-order valence-electron chi connectivity index (χ0n) is 12.9. The van der Waals surface area contributed by atoms with E-state index in [0.717, 1.165) is 11.1 Å². The summed E-state index contributed by atoms with van der Waals surface area (Å²) in [6.07, 6.45) is 0. The molecule has 0 N–H and O–H groups in total. The Morgan fingerprint density at radius 3 is 1.33 bits per heavy atom. The Hall–Kier alpha value is -1.92. The summed E-state index contributed by atoms with van der Waals surface area (Å²) in [4.78, 5) is 28.3. The molecule has 2 atom stereocenters. The highest BCUT2D eigenvalue weighted by molar-refractivity contribution is 7.82. The first kappa shape index (κ1) is 16.9. The lowest BCUT2D eigenvalue weighted by Crippen LogP contribution is -2.60. The largest absolute Gasteiger partial charge is 0.315 e. The van der Waals surface area contributed by atoms with E-state index in [2.05, 4.69) is 25.3 Å². The van der Waals surface area contributed by atoms with E-state index in [9.17, 15) is 9.59 Å². The molecule has 0 saturated carbocycles. The Labute approximate surface area is 152 Å². The molecule has 1 aliphatic heterocycles. The molecule has 2 amide bonds. The minimum Gasteiger partial charge on any atom is -0.315 e. The number of hydrogen-bond donors (Lipinski definition) is 2. The number of thiol groups is 2. The molecule has 0 aliphatic carbocycles. The summed E-state index contributed by atoms with van der Waals surface area (Å²) < 4.78 is 0. The van der Waals surface area contributed by atoms with Crippen molar-refractivity contribution in [3.05, 3.63) is 71.8 Å². The highest BCUT2D eigenvalue weighted by atomic mass is 32.1. The van der Waals surface area contributed by atoms with Crippen molar-refractivity contribution in [2.45, 2.75) is 23.8 Å². The van der Waals surface area contributed by atoms with Crippen molar-refractivity contribution >= 4 is 37.1 Å². The van der Waals surface area contributed by atoms with Gasteiger partial charge in [-0.1, -0.05) is 60.7 Å². The van der Waals surface area contributed by atoms with Gasteiger partial charge in [0.25, 0.3) is 11.8 Å². The Kier molecular flexibility index (Phi) is 5.16. The zero-order chi connectivity index (χ0) is 17.1. The van der Waals surface area contributed by atoms with Gasteiger partial charge in [0.2, 0.25) is 0 Å². The molecule has 2 aromatic rings. The van der Waals surface area contributed by atoms with Crippen LogP contribution in [-0.2, 0) is 22.7 Å². The zero-order valence-corrected chi connectivity index (χ0v) is 14.7. The molecule has 0 bridgehead atoms. The first-order valence-corrected chi connectivity index (χ1v) is 8.66. The van der Waals surface area contributed by atoms with Crippen molar-refractivity contribution in [1.29, 1.82) is 0 Å². The number of carbonyl (C=O) groups is 2. The maximum Gasteiger partial charge on any atom is 0.257 e. The molecule has 4 nitrogen and oxygen atoms in total. The van der Waals surface area contributed by atoms with Crippen LogP contribution < -0.4 is 0 Å². The van der Waals surface area contributed by atoms with E-state index in [1.54, 1.807) is 0 Å². The van der Waals surface area contributed by atoms with Gasteiger partial charge in [0, 0.05) is 13.1 Å². The average molecular weight is 358 g/mol. The first-order valence-electron chi connectivity index (χ1n) is 7.63. The van der Waals surface area contributed by atoms with Crippen molar-refractivity contribution in [2.75, 3.05) is 0 Å². The highest BCUT2D eigenvalue weighted by Crippen LogP contribution is 2.26. The van der Waals surface area contributed by atoms with Crippen LogP contribution in [0.2, 0.25) is 0 Å². The molecule has 1 aliphatic rings. The fourth-order valence-electron chi connectivity index (χ4n) is 2.69. The summed E-state index contributed by atoms with van der Waals surface area (Å²) >= 11 is 8.77. The minimum atomic E-state index is -0.801. The van der Waals surface area contributed by atoms with E-state index in [4.69, 9.17) is 0 Å². The number of nitrogens with zero attached hydrogens (tertiary/aromatic N) is 2. The third kappa shape index (κ3) is 3.44. The molecule has 0 spiro atoms. The summed E-state index contributed by atoms with van der Waals surface area (Å²) in [5, 5.41) is -1.60. The fraction of sp³-hybridized carbons (Fsp3) is 0.222. The minimum absolute atomic E-state index is 0.210. The van der Waals surface area contributed by atoms with Gasteiger partial charge in [-0.2, -0.15) is 0 Å². The lowest BCUT2D eigenvalue weighted by molar-refractivity contribution is -0.154. The average Bonchev–Trinajstić information content (AvgIpc) is 2.62. The quantitative estimate of drug-likeness (QED) is 0.825. The molecule has 24 heavy (non-hydrogen) atoms. The predicted molar refractivity (Wildman–Crippen MR) is 99.5 cm³/mol. The number of benzene rings is 2. The third-order valence-corrected chi connectivity index (χ3v) is 4.99. The van der Waals surface area contributed by atoms with Gasteiger partial charge in [-0.25, -0.2) is 0 Å². The van der Waals surface area contributed by atoms with E-state index in [1.165, 1.54) is 9.80 Å². The summed E-state index contributed by atoms with van der Waals surface area (Å²) in [6.45, 7) is 0.686. The van der Waals surface area contributed by atoms with Crippen molar-refractivity contribution in [3.8, 4) is 0 Å². The maximum atomic E-state index is 12.7. The molecule has 0 radical (unpaired) electrons. The highest BCUT2D eigenvalue weighted by Gasteiger charge is 2.42. The van der Waals surface area contributed by atoms with Gasteiger partial charge >= 0.3 is 0 Å². The molecular formula is C18H18N2O2S2. The van der Waals surface area contributed by atoms with Gasteiger partial charge in [-0.3, -0.25) is 9.59 Å². The number of hydrogen-bond acceptors (Lipinski definition) is 4. The molecule has 124 valence electrons. The van der Waals surface area contributed by atoms with Crippen LogP contribution in [0.5, 0.6) is 0 Å². The van der Waals surface area contributed by atoms with Crippen LogP contribution >= 0.6 is 25.3 Å². The van der Waals surface area contributed by atoms with E-state index < -0.39 is 10.7 Å². The maximum absolute atomic E-state index is 12.7. The predicted octanol–water partition coefficient (Wildman–Crippen LogP) is 2.57. The molecule has 3 rings (SSSR count). The van der Waals surface area contributed by atoms with Gasteiger partial charge in [-0.15, -0.1) is 25.3 Å². The molecule has 6 heteroatoms. The Morgan fingerprint density at radius 1 is 0.667 bits per heavy atom. The van der Waals surface area contributed by atoms with Gasteiger partial charge in [0.1, 0.15) is 0 Å². The SMILES string of the molecule is O=C1[C@H](S)N(Cc2ccccc2)C(=O)[C@H](S)N1Cc1ccccc1. The number of rotatable bonds is 4. The monoisotopic (exact) mass is 358 g/mol. The second kappa shape index (κ2) is 7.32. The van der Waals surface area contributed by atoms with E-state index in [1.807, 2.05) is 60.7 Å². The number of piperazine rings is 1. The number of amides is 2. The second-order valence-electron chi connectivity index (χ2n) is 5.65. The van der Waals surface area contributed by atoms with Crippen molar-refractivity contribution in [1.82, 2.24) is 9.80 Å². The van der Waals surface area contributed by atoms with Crippen molar-refractivity contribution < 1.29 is 9.59 Å². The Morgan fingerprint density at radius 2 is 1.00 bits per heavy atom. The van der Waals surface area contributed by atoms with Gasteiger partial charge < -0.3 is 9.80 Å². The number of carbonyl (C=O) groups excluding carboxylic acids is 2. The molecule has 1 saturated heterocycles. The van der Waals surface area contributed by atoms with Crippen molar-refractivity contribution in [3.63, 3.8) is 0 Å². The lowest BCUT2D eigenvalue weighted by atomic mass is 10.1. The standard InChI is InChI=1S/C18H18N2O2S2/c21-15-18(24)20(12-14-9-5-2-6-10-14)16(22)17(23)19(15)11-13-7-3-1-4-8-13/h1-10,17-18,23-24H,11-12H2/t17-,18-/m0/s1. The summed E-state index contributed by atoms with van der Waals surface area (Å²) in [5.74, 6) is -0.421. The van der Waals surface area contributed by atoms with E-state index >= 15 is 0 Å². The smallest absolute Gasteiger partial charge is 0.257 e. The van der Waals surface area contributed by atoms with Crippen LogP contribution in [0.25, 0.3) is 0 Å². The topological polar surface area (TPSA) is 40.6 Å². The van der Waals surface area contributed by atoms with Gasteiger partial charge in [0.05, 0.1) is 0 Å². The van der Waals surface area contributed by atoms with E-state index in [-0.39, 0.29) is 11.8 Å². The summed E-state index contributed by atoms with van der Waals surface area (Å²) in [7, 11) is 0. The molecule has 0 unspecified atom stereocenters. The van der Waals surface area contributed by atoms with Crippen LogP contribution in [0.15, 0.2) is 60.7 Å². The van der Waals surface area contributed by atoms with Crippen molar-refractivity contribution in [2.24, 2.45) is 0 Å². The molecule has 2 aromatic carbocycles. The molecule has 1 heterocycles. The fourth-order valence-corrected chi connectivity index (χ4v) is 3.38. The lowest BCUT2D eigenvalue weighted by Gasteiger charge is -2.41. The van der Waals surface area contributed by atoms with Gasteiger partial charge in [-0.05, 0) is 11.1 Å². The van der Waals surface area contributed by atoms with Crippen LogP contribution in [0.3, 0.4) is 0 Å². The van der Waals surface area contributed by atoms with E-state index in [0.29, 0.717) is 13.1 Å². The third-order valence-electron chi connectivity index (χ3n) is 3.99. The summed E-state index contributed by atoms with van der Waals surface area (Å²) in [6, 6.07) is 19.1. The summed E-state index contributed by atoms with van der Waals surface area (Å²) in [5.41, 5.74) is 1.91. The van der Waals surface area contributed by atoms with Crippen LogP contribution in [-0.4, -0.2) is 32.4 Å². The first-order chi connectivity index (χ1) is 11.6. The van der Waals surface area contributed by atoms with Gasteiger partial charge in [0.15, 0.2) is 10.7 Å². The Bertz CT molecular complexity index is 661.